The lowest BCUT2D eigenvalue weighted by molar-refractivity contribution is -0.145. The number of sulfonamides is 2. The van der Waals surface area contributed by atoms with E-state index in [9.17, 15) is 41.7 Å². The van der Waals surface area contributed by atoms with Gasteiger partial charge in [0.2, 0.25) is 10.0 Å². The van der Waals surface area contributed by atoms with Crippen molar-refractivity contribution in [2.45, 2.75) is 154 Å². The second-order valence-electron chi connectivity index (χ2n) is 21.1. The molecular formula is C57H74N4O18S2. The van der Waals surface area contributed by atoms with Crippen LogP contribution < -0.4 is 20.1 Å². The van der Waals surface area contributed by atoms with Gasteiger partial charge >= 0.3 is 12.2 Å². The van der Waals surface area contributed by atoms with Crippen LogP contribution in [0.5, 0.6) is 11.5 Å². The molecule has 0 spiro atoms. The number of aromatic hydroxyl groups is 1. The van der Waals surface area contributed by atoms with Crippen molar-refractivity contribution in [1.82, 2.24) is 19.8 Å². The van der Waals surface area contributed by atoms with Crippen LogP contribution in [0.2, 0.25) is 0 Å². The second kappa shape index (κ2) is 28.2. The topological polar surface area (TPSA) is 286 Å². The first-order valence-corrected chi connectivity index (χ1v) is 30.7. The molecule has 4 aromatic rings. The van der Waals surface area contributed by atoms with E-state index in [1.54, 1.807) is 12.1 Å². The molecule has 6 N–H and O–H groups in total. The van der Waals surface area contributed by atoms with Gasteiger partial charge in [0.1, 0.15) is 36.0 Å². The molecule has 4 aromatic carbocycles. The lowest BCUT2D eigenvalue weighted by Crippen LogP contribution is -2.57. The number of hydrogen-bond donors (Lipinski definition) is 6. The standard InChI is InChI=1S/C29H38N2O9S.C28H36N2O9S/c1-36-22-12-7-13-23(17-22)41(34,35)31(40-21-10-5-6-11-21)18-26(32)25(16-20-8-3-2-4-9-20)30-29(33)39-27-19-38-28-24(27)14-15-37-28;31-19-9-6-12-21(16-19)40(34,35)30-26(38-20-10-4-5-11-20)25(32)23(15-18-7-2-1-3-8-18)29-28(33)39-24-17-37-27-22(24)13-14-36-27/h2-4,7-9,12-13,17,21,24-28,32H,5-6,10-11,14-16,18-19H2,1H3,(H,30,33);1-3,6-9,12,16,20,22-27,30-32H,4-5,10-11,13-15,17H2,(H,29,33)/t24-,25-,26+,27-,28+;22-,23-,24-,25+,26?,27+/m00/s1. The Morgan fingerprint density at radius 3 is 1.74 bits per heavy atom. The lowest BCUT2D eigenvalue weighted by Gasteiger charge is -2.33. The first kappa shape index (κ1) is 60.1. The number of fused-ring (bicyclic) bond motifs is 2. The van der Waals surface area contributed by atoms with Crippen molar-refractivity contribution >= 4 is 32.2 Å². The first-order chi connectivity index (χ1) is 39.1. The Morgan fingerprint density at radius 2 is 1.17 bits per heavy atom. The summed E-state index contributed by atoms with van der Waals surface area (Å²) in [5.74, 6) is 0.0656. The van der Waals surface area contributed by atoms with Crippen molar-refractivity contribution in [3.63, 3.8) is 0 Å². The van der Waals surface area contributed by atoms with E-state index >= 15 is 0 Å². The van der Waals surface area contributed by atoms with E-state index < -0.39 is 81.5 Å². The highest BCUT2D eigenvalue weighted by molar-refractivity contribution is 7.89. The van der Waals surface area contributed by atoms with Crippen molar-refractivity contribution in [2.75, 3.05) is 40.1 Å². The molecule has 2 saturated carbocycles. The van der Waals surface area contributed by atoms with Gasteiger partial charge in [0.05, 0.1) is 92.1 Å². The van der Waals surface area contributed by atoms with Crippen molar-refractivity contribution in [1.29, 1.82) is 0 Å². The third-order valence-electron chi connectivity index (χ3n) is 15.4. The van der Waals surface area contributed by atoms with Gasteiger partial charge in [-0.25, -0.2) is 26.4 Å². The van der Waals surface area contributed by atoms with E-state index in [0.717, 1.165) is 66.6 Å². The van der Waals surface area contributed by atoms with Crippen LogP contribution in [-0.2, 0) is 70.9 Å². The number of hydroxylamine groups is 1. The molecule has 10 rings (SSSR count). The number of aliphatic hydroxyl groups is 2. The summed E-state index contributed by atoms with van der Waals surface area (Å²) in [7, 11) is -6.93. The van der Waals surface area contributed by atoms with Crippen molar-refractivity contribution in [3.8, 4) is 11.5 Å². The largest absolute Gasteiger partial charge is 0.508 e. The van der Waals surface area contributed by atoms with E-state index in [4.69, 9.17) is 42.7 Å². The Hall–Kier alpha value is -5.48. The maximum absolute atomic E-state index is 13.8. The van der Waals surface area contributed by atoms with Crippen molar-refractivity contribution < 1.29 is 84.5 Å². The minimum absolute atomic E-state index is 0.0244. The number of aliphatic hydroxyl groups excluding tert-OH is 2. The van der Waals surface area contributed by atoms with Crippen LogP contribution in [0.3, 0.4) is 0 Å². The van der Waals surface area contributed by atoms with Gasteiger partial charge in [-0.15, -0.1) is 0 Å². The van der Waals surface area contributed by atoms with E-state index in [1.165, 1.54) is 37.4 Å². The van der Waals surface area contributed by atoms with Gasteiger partial charge in [-0.3, -0.25) is 4.84 Å². The Balaban J connectivity index is 0.000000196. The predicted octanol–water partition coefficient (Wildman–Crippen LogP) is 5.44. The number of alkyl carbamates (subject to hydrolysis) is 2. The number of benzene rings is 4. The number of nitrogens with zero attached hydrogens (tertiary/aromatic N) is 1. The average molecular weight is 1170 g/mol. The summed E-state index contributed by atoms with van der Waals surface area (Å²) < 4.78 is 102. The van der Waals surface area contributed by atoms with Gasteiger partial charge in [-0.05, 0) is 92.8 Å². The Morgan fingerprint density at radius 1 is 0.642 bits per heavy atom. The summed E-state index contributed by atoms with van der Waals surface area (Å²) in [6, 6.07) is 28.0. The average Bonchev–Trinajstić information content (AvgIpc) is 4.36. The van der Waals surface area contributed by atoms with Crippen molar-refractivity contribution in [3.05, 3.63) is 120 Å². The van der Waals surface area contributed by atoms with E-state index in [-0.39, 0.29) is 78.2 Å². The summed E-state index contributed by atoms with van der Waals surface area (Å²) in [5.41, 5.74) is 1.67. The molecule has 1 unspecified atom stereocenters. The fraction of sp³-hybridized carbons (Fsp3) is 0.544. The highest BCUT2D eigenvalue weighted by Crippen LogP contribution is 2.35. The molecule has 6 aliphatic rings. The molecule has 0 radical (unpaired) electrons. The molecule has 2 aliphatic carbocycles. The first-order valence-electron chi connectivity index (χ1n) is 27.8. The van der Waals surface area contributed by atoms with Crippen LogP contribution in [0, 0.1) is 11.8 Å². The Labute approximate surface area is 472 Å². The molecule has 24 heteroatoms. The minimum Gasteiger partial charge on any atom is -0.508 e. The summed E-state index contributed by atoms with van der Waals surface area (Å²) >= 11 is 0. The maximum Gasteiger partial charge on any atom is 0.407 e. The maximum atomic E-state index is 13.8. The number of amides is 2. The number of nitrogens with one attached hydrogen (secondary N) is 3. The molecule has 0 aromatic heterocycles. The van der Waals surface area contributed by atoms with Crippen LogP contribution in [-0.4, -0.2) is 156 Å². The molecular weight excluding hydrogens is 1090 g/mol. The van der Waals surface area contributed by atoms with E-state index in [1.807, 2.05) is 60.7 Å². The summed E-state index contributed by atoms with van der Waals surface area (Å²) in [6.45, 7) is 1.12. The monoisotopic (exact) mass is 1170 g/mol. The molecule has 4 saturated heterocycles. The van der Waals surface area contributed by atoms with Gasteiger partial charge in [-0.2, -0.15) is 4.72 Å². The van der Waals surface area contributed by atoms with Crippen LogP contribution in [0.4, 0.5) is 9.59 Å². The van der Waals surface area contributed by atoms with Gasteiger partial charge in [0, 0.05) is 6.07 Å². The molecule has 442 valence electrons. The number of ether oxygens (including phenoxy) is 8. The zero-order valence-corrected chi connectivity index (χ0v) is 46.8. The normalized spacial score (nSPS) is 24.7. The number of phenols is 1. The molecule has 81 heavy (non-hydrogen) atoms. The summed E-state index contributed by atoms with van der Waals surface area (Å²) in [5, 5.41) is 38.4. The van der Waals surface area contributed by atoms with Gasteiger partial charge in [0.25, 0.3) is 10.0 Å². The lowest BCUT2D eigenvalue weighted by atomic mass is 10.00. The number of carbonyl (C=O) groups is 2. The third kappa shape index (κ3) is 16.2. The second-order valence-corrected chi connectivity index (χ2v) is 24.7. The van der Waals surface area contributed by atoms with E-state index in [0.29, 0.717) is 38.2 Å². The minimum atomic E-state index is -4.20. The fourth-order valence-corrected chi connectivity index (χ4v) is 13.5. The number of phenolic OH excluding ortho intramolecular Hbond substituents is 1. The SMILES string of the molecule is COc1cccc(S(=O)(=O)N(C[C@@H](O)[C@H](Cc2ccccc2)NC(=O)O[C@H]2CO[C@H]3OCC[C@H]32)OC2CCCC2)c1.O=C(N[C@@H](Cc1ccccc1)[C@@H](O)C(NS(=O)(=O)c1cccc(O)c1)OC1CCCC1)O[C@H]1CO[C@H]2OCC[C@H]21. The van der Waals surface area contributed by atoms with Crippen LogP contribution >= 0.6 is 0 Å². The quantitative estimate of drug-likeness (QED) is 0.0398. The van der Waals surface area contributed by atoms with Crippen molar-refractivity contribution in [2.24, 2.45) is 11.8 Å². The Bertz CT molecular complexity index is 2880. The highest BCUT2D eigenvalue weighted by Gasteiger charge is 2.46. The van der Waals surface area contributed by atoms with Crippen LogP contribution in [0.25, 0.3) is 0 Å². The molecule has 6 fully saturated rings. The smallest absolute Gasteiger partial charge is 0.407 e. The Kier molecular flexibility index (Phi) is 20.9. The molecule has 4 aliphatic heterocycles. The molecule has 4 heterocycles. The third-order valence-corrected chi connectivity index (χ3v) is 18.5. The van der Waals surface area contributed by atoms with Gasteiger partial charge in [0.15, 0.2) is 12.6 Å². The molecule has 2 amide bonds. The molecule has 22 nitrogen and oxygen atoms in total. The van der Waals surface area contributed by atoms with Crippen LogP contribution in [0.1, 0.15) is 75.3 Å². The van der Waals surface area contributed by atoms with Gasteiger partial charge < -0.3 is 63.8 Å². The summed E-state index contributed by atoms with van der Waals surface area (Å²) in [6.07, 6.45) is 0.545. The highest BCUT2D eigenvalue weighted by atomic mass is 32.2. The fourth-order valence-electron chi connectivity index (χ4n) is 11.0. The number of hydrogen-bond acceptors (Lipinski definition) is 18. The zero-order valence-electron chi connectivity index (χ0n) is 45.1. The van der Waals surface area contributed by atoms with Crippen LogP contribution in [0.15, 0.2) is 119 Å². The number of methoxy groups -OCH3 is 1. The summed E-state index contributed by atoms with van der Waals surface area (Å²) in [4.78, 5) is 31.9. The number of rotatable bonds is 23. The predicted molar refractivity (Wildman–Crippen MR) is 290 cm³/mol. The van der Waals surface area contributed by atoms with E-state index in [2.05, 4.69) is 15.4 Å². The number of carbonyl (C=O) groups excluding carboxylic acids is 2. The molecule has 11 atom stereocenters. The van der Waals surface area contributed by atoms with Gasteiger partial charge in [-0.1, -0.05) is 103 Å². The zero-order chi connectivity index (χ0) is 56.9. The molecule has 0 bridgehead atoms.